The van der Waals surface area contributed by atoms with Crippen molar-refractivity contribution in [2.75, 3.05) is 19.6 Å². The molecular formula is C24H36N2O. The van der Waals surface area contributed by atoms with E-state index in [1.165, 1.54) is 55.4 Å². The van der Waals surface area contributed by atoms with Gasteiger partial charge in [-0.15, -0.1) is 0 Å². The summed E-state index contributed by atoms with van der Waals surface area (Å²) in [5.74, 6) is 1.60. The number of hydrogen-bond acceptors (Lipinski definition) is 3. The highest BCUT2D eigenvalue weighted by molar-refractivity contribution is 5.85. The van der Waals surface area contributed by atoms with Crippen LogP contribution in [0.4, 0.5) is 0 Å². The van der Waals surface area contributed by atoms with Gasteiger partial charge in [-0.3, -0.25) is 0 Å². The summed E-state index contributed by atoms with van der Waals surface area (Å²) < 4.78 is 5.84. The molecule has 27 heavy (non-hydrogen) atoms. The Morgan fingerprint density at radius 3 is 2.37 bits per heavy atom. The molecule has 148 valence electrons. The van der Waals surface area contributed by atoms with Crippen molar-refractivity contribution in [2.45, 2.75) is 72.6 Å². The van der Waals surface area contributed by atoms with E-state index in [-0.39, 0.29) is 5.41 Å². The van der Waals surface area contributed by atoms with Crippen LogP contribution in [-0.2, 0) is 18.3 Å². The summed E-state index contributed by atoms with van der Waals surface area (Å²) in [4.78, 5) is 2.71. The summed E-state index contributed by atoms with van der Waals surface area (Å²) >= 11 is 0. The molecule has 2 heterocycles. The van der Waals surface area contributed by atoms with Crippen molar-refractivity contribution >= 4 is 11.0 Å². The maximum Gasteiger partial charge on any atom is 0.170 e. The second kappa shape index (κ2) is 6.62. The third-order valence-electron chi connectivity index (χ3n) is 6.88. The second-order valence-corrected chi connectivity index (χ2v) is 11.1. The van der Waals surface area contributed by atoms with Gasteiger partial charge in [0.2, 0.25) is 0 Å². The number of rotatable bonds is 2. The van der Waals surface area contributed by atoms with E-state index in [0.29, 0.717) is 5.41 Å². The van der Waals surface area contributed by atoms with E-state index in [4.69, 9.17) is 4.52 Å². The largest absolute Gasteiger partial charge is 0.356 e. The highest BCUT2D eigenvalue weighted by Crippen LogP contribution is 2.38. The van der Waals surface area contributed by atoms with Crippen molar-refractivity contribution < 1.29 is 4.52 Å². The molecule has 1 aromatic carbocycles. The van der Waals surface area contributed by atoms with E-state index in [1.54, 1.807) is 0 Å². The highest BCUT2D eigenvalue weighted by atomic mass is 16.5. The number of aromatic nitrogens is 1. The van der Waals surface area contributed by atoms with Gasteiger partial charge in [0.05, 0.1) is 5.69 Å². The van der Waals surface area contributed by atoms with Gasteiger partial charge in [0.15, 0.2) is 5.58 Å². The summed E-state index contributed by atoms with van der Waals surface area (Å²) in [5.41, 5.74) is 5.52. The molecule has 1 fully saturated rings. The van der Waals surface area contributed by atoms with E-state index in [2.05, 4.69) is 63.7 Å². The predicted molar refractivity (Wildman–Crippen MR) is 112 cm³/mol. The molecule has 3 nitrogen and oxygen atoms in total. The zero-order valence-corrected chi connectivity index (χ0v) is 18.1. The third kappa shape index (κ3) is 3.68. The molecule has 0 saturated carbocycles. The van der Waals surface area contributed by atoms with Crippen LogP contribution in [-0.4, -0.2) is 29.7 Å². The molecule has 3 heteroatoms. The Morgan fingerprint density at radius 2 is 1.74 bits per heavy atom. The Labute approximate surface area is 164 Å². The Hall–Kier alpha value is -1.35. The third-order valence-corrected chi connectivity index (χ3v) is 6.88. The summed E-state index contributed by atoms with van der Waals surface area (Å²) in [6.07, 6.45) is 5.04. The van der Waals surface area contributed by atoms with Gasteiger partial charge in [0.25, 0.3) is 0 Å². The molecule has 0 spiro atoms. The molecule has 1 saturated heterocycles. The van der Waals surface area contributed by atoms with Crippen molar-refractivity contribution in [1.82, 2.24) is 10.1 Å². The lowest BCUT2D eigenvalue weighted by atomic mass is 9.75. The van der Waals surface area contributed by atoms with Crippen LogP contribution in [0.2, 0.25) is 0 Å². The van der Waals surface area contributed by atoms with Crippen LogP contribution in [0.25, 0.3) is 11.0 Å². The lowest BCUT2D eigenvalue weighted by Gasteiger charge is -2.39. The molecule has 0 amide bonds. The fourth-order valence-corrected chi connectivity index (χ4v) is 5.20. The Morgan fingerprint density at radius 1 is 1.04 bits per heavy atom. The minimum atomic E-state index is 0.0227. The Balaban J connectivity index is 1.44. The van der Waals surface area contributed by atoms with Gasteiger partial charge in [0, 0.05) is 22.9 Å². The molecular weight excluding hydrogens is 332 g/mol. The quantitative estimate of drug-likeness (QED) is 0.691. The minimum Gasteiger partial charge on any atom is -0.356 e. The first kappa shape index (κ1) is 19.0. The van der Waals surface area contributed by atoms with Crippen molar-refractivity contribution in [3.05, 3.63) is 29.0 Å². The SMILES string of the molecule is CC(C)(C)c1noc2c3c(ccc12)CC(CN1CCC(C(C)(C)C)CC1)C3. The van der Waals surface area contributed by atoms with E-state index < -0.39 is 0 Å². The highest BCUT2D eigenvalue weighted by Gasteiger charge is 2.32. The average molecular weight is 369 g/mol. The molecule has 0 radical (unpaired) electrons. The van der Waals surface area contributed by atoms with Gasteiger partial charge >= 0.3 is 0 Å². The zero-order chi connectivity index (χ0) is 19.4. The molecule has 2 aliphatic rings. The van der Waals surface area contributed by atoms with Crippen LogP contribution in [0.5, 0.6) is 0 Å². The summed E-state index contributed by atoms with van der Waals surface area (Å²) in [6.45, 7) is 17.6. The van der Waals surface area contributed by atoms with Crippen LogP contribution < -0.4 is 0 Å². The van der Waals surface area contributed by atoms with Crippen LogP contribution in [0.15, 0.2) is 16.7 Å². The van der Waals surface area contributed by atoms with Gasteiger partial charge < -0.3 is 9.42 Å². The molecule has 1 aromatic heterocycles. The Bertz CT molecular complexity index is 813. The molecule has 4 rings (SSSR count). The van der Waals surface area contributed by atoms with E-state index in [1.807, 2.05) is 0 Å². The van der Waals surface area contributed by atoms with Gasteiger partial charge in [-0.05, 0) is 67.7 Å². The van der Waals surface area contributed by atoms with Gasteiger partial charge in [0.1, 0.15) is 0 Å². The predicted octanol–water partition coefficient (Wildman–Crippen LogP) is 5.60. The number of benzene rings is 1. The summed E-state index contributed by atoms with van der Waals surface area (Å²) in [6, 6.07) is 4.57. The summed E-state index contributed by atoms with van der Waals surface area (Å²) in [5, 5.41) is 5.65. The maximum atomic E-state index is 5.84. The number of likely N-dealkylation sites (tertiary alicyclic amines) is 1. The minimum absolute atomic E-state index is 0.0227. The van der Waals surface area contributed by atoms with Crippen molar-refractivity contribution in [3.8, 4) is 0 Å². The van der Waals surface area contributed by atoms with Crippen molar-refractivity contribution in [3.63, 3.8) is 0 Å². The first-order valence-corrected chi connectivity index (χ1v) is 10.8. The van der Waals surface area contributed by atoms with Crippen molar-refractivity contribution in [2.24, 2.45) is 17.3 Å². The molecule has 1 unspecified atom stereocenters. The second-order valence-electron chi connectivity index (χ2n) is 11.1. The fourth-order valence-electron chi connectivity index (χ4n) is 5.20. The fraction of sp³-hybridized carbons (Fsp3) is 0.708. The lowest BCUT2D eigenvalue weighted by Crippen LogP contribution is -2.40. The van der Waals surface area contributed by atoms with Gasteiger partial charge in [-0.25, -0.2) is 0 Å². The van der Waals surface area contributed by atoms with Crippen LogP contribution in [0.1, 0.15) is 71.2 Å². The molecule has 1 aliphatic heterocycles. The first-order valence-electron chi connectivity index (χ1n) is 10.8. The maximum absolute atomic E-state index is 5.84. The van der Waals surface area contributed by atoms with Crippen LogP contribution >= 0.6 is 0 Å². The summed E-state index contributed by atoms with van der Waals surface area (Å²) in [7, 11) is 0. The van der Waals surface area contributed by atoms with E-state index in [0.717, 1.165) is 29.5 Å². The normalized spacial score (nSPS) is 22.5. The van der Waals surface area contributed by atoms with E-state index >= 15 is 0 Å². The van der Waals surface area contributed by atoms with Crippen molar-refractivity contribution in [1.29, 1.82) is 0 Å². The molecule has 1 aliphatic carbocycles. The topological polar surface area (TPSA) is 29.3 Å². The molecule has 0 bridgehead atoms. The van der Waals surface area contributed by atoms with Gasteiger partial charge in [-0.1, -0.05) is 52.8 Å². The van der Waals surface area contributed by atoms with Gasteiger partial charge in [-0.2, -0.15) is 0 Å². The lowest BCUT2D eigenvalue weighted by molar-refractivity contribution is 0.102. The van der Waals surface area contributed by atoms with E-state index in [9.17, 15) is 0 Å². The average Bonchev–Trinajstić information content (AvgIpc) is 3.16. The first-order chi connectivity index (χ1) is 12.6. The Kier molecular flexibility index (Phi) is 4.65. The zero-order valence-electron chi connectivity index (χ0n) is 18.1. The smallest absolute Gasteiger partial charge is 0.170 e. The standard InChI is InChI=1S/C24H36N2O/c1-23(2,3)18-9-11-26(12-10-18)15-16-13-17-7-8-19-21(20(17)14-16)27-25-22(19)24(4,5)6/h7-8,16,18H,9-15H2,1-6H3. The number of nitrogens with zero attached hydrogens (tertiary/aromatic N) is 2. The monoisotopic (exact) mass is 368 g/mol. The molecule has 2 aromatic rings. The molecule has 1 atom stereocenters. The number of fused-ring (bicyclic) bond motifs is 3. The number of piperidine rings is 1. The van der Waals surface area contributed by atoms with Crippen LogP contribution in [0.3, 0.4) is 0 Å². The number of hydrogen-bond donors (Lipinski definition) is 0. The van der Waals surface area contributed by atoms with Crippen LogP contribution in [0, 0.1) is 17.3 Å². The molecule has 0 N–H and O–H groups in total.